The van der Waals surface area contributed by atoms with Crippen molar-refractivity contribution in [1.82, 2.24) is 14.5 Å². The number of pyridine rings is 2. The SMILES string of the molecule is CC(C)Cn1c(NC(=O)O)nc2c[n+]([O-])c3cccnc3c21. The molecule has 0 aliphatic heterocycles. The Balaban J connectivity index is 2.38. The highest BCUT2D eigenvalue weighted by atomic mass is 16.5. The Bertz CT molecular complexity index is 872. The Morgan fingerprint density at radius 2 is 2.32 bits per heavy atom. The summed E-state index contributed by atoms with van der Waals surface area (Å²) < 4.78 is 2.45. The van der Waals surface area contributed by atoms with Gasteiger partial charge in [0, 0.05) is 18.8 Å². The van der Waals surface area contributed by atoms with Crippen LogP contribution in [0.4, 0.5) is 10.7 Å². The predicted molar refractivity (Wildman–Crippen MR) is 80.5 cm³/mol. The lowest BCUT2D eigenvalue weighted by Gasteiger charge is -2.11. The zero-order chi connectivity index (χ0) is 15.9. The monoisotopic (exact) mass is 301 g/mol. The van der Waals surface area contributed by atoms with Gasteiger partial charge in [0.05, 0.1) is 0 Å². The van der Waals surface area contributed by atoms with Gasteiger partial charge in [-0.15, -0.1) is 0 Å². The smallest absolute Gasteiger partial charge is 0.411 e. The van der Waals surface area contributed by atoms with Gasteiger partial charge in [-0.2, -0.15) is 4.73 Å². The first-order chi connectivity index (χ1) is 10.5. The first kappa shape index (κ1) is 14.1. The van der Waals surface area contributed by atoms with Gasteiger partial charge in [-0.3, -0.25) is 5.32 Å². The van der Waals surface area contributed by atoms with E-state index in [4.69, 9.17) is 5.11 Å². The van der Waals surface area contributed by atoms with Gasteiger partial charge in [0.25, 0.3) is 0 Å². The number of nitrogens with zero attached hydrogens (tertiary/aromatic N) is 4. The topological polar surface area (TPSA) is 107 Å². The van der Waals surface area contributed by atoms with E-state index in [1.807, 2.05) is 13.8 Å². The number of imidazole rings is 1. The van der Waals surface area contributed by atoms with Crippen molar-refractivity contribution in [2.45, 2.75) is 20.4 Å². The Kier molecular flexibility index (Phi) is 3.28. The number of amides is 1. The number of fused-ring (bicyclic) bond motifs is 3. The molecule has 0 fully saturated rings. The van der Waals surface area contributed by atoms with Gasteiger partial charge < -0.3 is 14.9 Å². The van der Waals surface area contributed by atoms with Crippen LogP contribution in [-0.2, 0) is 6.54 Å². The average Bonchev–Trinajstić information content (AvgIpc) is 2.75. The quantitative estimate of drug-likeness (QED) is 0.568. The van der Waals surface area contributed by atoms with E-state index in [0.29, 0.717) is 33.3 Å². The molecule has 3 aromatic heterocycles. The molecule has 1 amide bonds. The molecule has 0 aromatic carbocycles. The van der Waals surface area contributed by atoms with E-state index in [-0.39, 0.29) is 11.9 Å². The van der Waals surface area contributed by atoms with Gasteiger partial charge in [0.2, 0.25) is 17.7 Å². The normalized spacial score (nSPS) is 11.4. The van der Waals surface area contributed by atoms with Crippen LogP contribution >= 0.6 is 0 Å². The largest absolute Gasteiger partial charge is 0.618 e. The third-order valence-electron chi connectivity index (χ3n) is 3.25. The first-order valence-electron chi connectivity index (χ1n) is 6.84. The molecular formula is C14H15N5O3. The van der Waals surface area contributed by atoms with E-state index in [1.165, 1.54) is 6.20 Å². The lowest BCUT2D eigenvalue weighted by atomic mass is 10.2. The van der Waals surface area contributed by atoms with E-state index in [1.54, 1.807) is 22.9 Å². The summed E-state index contributed by atoms with van der Waals surface area (Å²) in [5, 5.41) is 23.3. The molecule has 8 heteroatoms. The third kappa shape index (κ3) is 2.28. The van der Waals surface area contributed by atoms with Crippen LogP contribution in [-0.4, -0.2) is 25.7 Å². The fourth-order valence-electron chi connectivity index (χ4n) is 2.48. The number of rotatable bonds is 3. The van der Waals surface area contributed by atoms with Crippen molar-refractivity contribution < 1.29 is 14.6 Å². The molecule has 22 heavy (non-hydrogen) atoms. The van der Waals surface area contributed by atoms with Crippen LogP contribution in [0.25, 0.3) is 22.1 Å². The molecule has 0 spiro atoms. The summed E-state index contributed by atoms with van der Waals surface area (Å²) in [4.78, 5) is 19.5. The molecule has 0 saturated heterocycles. The van der Waals surface area contributed by atoms with Crippen LogP contribution in [0, 0.1) is 11.1 Å². The Labute approximate surface area is 125 Å². The molecule has 3 heterocycles. The average molecular weight is 301 g/mol. The number of carboxylic acid groups (broad SMARTS) is 1. The minimum Gasteiger partial charge on any atom is -0.618 e. The number of anilines is 1. The van der Waals surface area contributed by atoms with Crippen LogP contribution in [0.15, 0.2) is 24.5 Å². The van der Waals surface area contributed by atoms with Gasteiger partial charge in [0.1, 0.15) is 5.52 Å². The number of hydrogen-bond acceptors (Lipinski definition) is 4. The van der Waals surface area contributed by atoms with E-state index in [2.05, 4.69) is 15.3 Å². The second kappa shape index (κ2) is 5.14. The molecule has 0 atom stereocenters. The zero-order valence-electron chi connectivity index (χ0n) is 12.1. The van der Waals surface area contributed by atoms with Crippen LogP contribution in [0.3, 0.4) is 0 Å². The Hall–Kier alpha value is -2.90. The molecule has 0 unspecified atom stereocenters. The Morgan fingerprint density at radius 3 is 3.00 bits per heavy atom. The highest BCUT2D eigenvalue weighted by molar-refractivity contribution is 5.99. The van der Waals surface area contributed by atoms with Gasteiger partial charge >= 0.3 is 6.09 Å². The molecule has 0 saturated carbocycles. The lowest BCUT2D eigenvalue weighted by molar-refractivity contribution is -0.575. The highest BCUT2D eigenvalue weighted by Crippen LogP contribution is 2.25. The van der Waals surface area contributed by atoms with Gasteiger partial charge in [-0.25, -0.2) is 14.8 Å². The van der Waals surface area contributed by atoms with E-state index >= 15 is 0 Å². The van der Waals surface area contributed by atoms with Crippen molar-refractivity contribution in [3.63, 3.8) is 0 Å². The van der Waals surface area contributed by atoms with Crippen molar-refractivity contribution in [1.29, 1.82) is 0 Å². The summed E-state index contributed by atoms with van der Waals surface area (Å²) >= 11 is 0. The molecule has 0 aliphatic carbocycles. The van der Waals surface area contributed by atoms with Crippen molar-refractivity contribution >= 4 is 34.1 Å². The number of carbonyl (C=O) groups is 1. The summed E-state index contributed by atoms with van der Waals surface area (Å²) in [6.45, 7) is 4.59. The molecule has 3 rings (SSSR count). The van der Waals surface area contributed by atoms with Crippen molar-refractivity contribution in [2.75, 3.05) is 5.32 Å². The summed E-state index contributed by atoms with van der Waals surface area (Å²) in [5.41, 5.74) is 1.98. The van der Waals surface area contributed by atoms with E-state index in [0.717, 1.165) is 0 Å². The van der Waals surface area contributed by atoms with Crippen molar-refractivity contribution in [3.05, 3.63) is 29.7 Å². The van der Waals surface area contributed by atoms with Crippen LogP contribution in [0.1, 0.15) is 13.8 Å². The minimum absolute atomic E-state index is 0.189. The molecule has 0 aliphatic rings. The summed E-state index contributed by atoms with van der Waals surface area (Å²) in [6, 6.07) is 3.36. The number of nitrogens with one attached hydrogen (secondary N) is 1. The summed E-state index contributed by atoms with van der Waals surface area (Å²) in [6.07, 6.45) is 1.73. The second-order valence-electron chi connectivity index (χ2n) is 5.43. The fourth-order valence-corrected chi connectivity index (χ4v) is 2.48. The summed E-state index contributed by atoms with van der Waals surface area (Å²) in [5.74, 6) is 0.458. The third-order valence-corrected chi connectivity index (χ3v) is 3.25. The molecule has 2 N–H and O–H groups in total. The molecular weight excluding hydrogens is 286 g/mol. The fraction of sp³-hybridized carbons (Fsp3) is 0.286. The Morgan fingerprint density at radius 1 is 1.55 bits per heavy atom. The zero-order valence-corrected chi connectivity index (χ0v) is 12.1. The van der Waals surface area contributed by atoms with Gasteiger partial charge in [-0.1, -0.05) is 13.8 Å². The van der Waals surface area contributed by atoms with Crippen LogP contribution in [0.5, 0.6) is 0 Å². The van der Waals surface area contributed by atoms with E-state index < -0.39 is 6.09 Å². The molecule has 0 bridgehead atoms. The second-order valence-corrected chi connectivity index (χ2v) is 5.43. The maximum Gasteiger partial charge on any atom is 0.411 e. The van der Waals surface area contributed by atoms with Crippen LogP contribution in [0.2, 0.25) is 0 Å². The molecule has 3 aromatic rings. The maximum absolute atomic E-state index is 12.0. The van der Waals surface area contributed by atoms with Crippen LogP contribution < -0.4 is 10.0 Å². The van der Waals surface area contributed by atoms with E-state index in [9.17, 15) is 10.0 Å². The predicted octanol–water partition coefficient (Wildman–Crippen LogP) is 1.96. The van der Waals surface area contributed by atoms with Crippen molar-refractivity contribution in [3.8, 4) is 0 Å². The number of aromatic nitrogens is 4. The molecule has 0 radical (unpaired) electrons. The number of hydrogen-bond donors (Lipinski definition) is 2. The minimum atomic E-state index is -1.20. The van der Waals surface area contributed by atoms with Gasteiger partial charge in [-0.05, 0) is 12.0 Å². The summed E-state index contributed by atoms with van der Waals surface area (Å²) in [7, 11) is 0. The van der Waals surface area contributed by atoms with Crippen molar-refractivity contribution in [2.24, 2.45) is 5.92 Å². The highest BCUT2D eigenvalue weighted by Gasteiger charge is 2.20. The van der Waals surface area contributed by atoms with Gasteiger partial charge in [0.15, 0.2) is 11.0 Å². The first-order valence-corrected chi connectivity index (χ1v) is 6.84. The molecule has 8 nitrogen and oxygen atoms in total. The molecule has 114 valence electrons. The lowest BCUT2D eigenvalue weighted by Crippen LogP contribution is -2.26. The standard InChI is InChI=1S/C14H15N5O3/c1-8(2)6-18-12-9(16-13(18)17-14(20)21)7-19(22)10-4-3-5-15-11(10)12/h3-5,7-8H,6H2,1-2H3,(H,16,17)(H,20,21). The maximum atomic E-state index is 12.0.